The van der Waals surface area contributed by atoms with Gasteiger partial charge in [-0.1, -0.05) is 20.3 Å². The number of aromatic nitrogens is 1. The van der Waals surface area contributed by atoms with E-state index in [-0.39, 0.29) is 6.04 Å². The van der Waals surface area contributed by atoms with Crippen LogP contribution in [0.15, 0.2) is 22.9 Å². The van der Waals surface area contributed by atoms with Crippen LogP contribution >= 0.6 is 15.9 Å². The molecular weight excluding hydrogens is 276 g/mol. The largest absolute Gasteiger partial charge is 0.327 e. The fourth-order valence-electron chi connectivity index (χ4n) is 3.13. The van der Waals surface area contributed by atoms with Gasteiger partial charge in [-0.25, -0.2) is 0 Å². The fraction of sp³-hybridized carbons (Fsp3) is 0.643. The number of nitrogens with two attached hydrogens (primary N) is 1. The molecule has 3 heteroatoms. The van der Waals surface area contributed by atoms with Crippen molar-refractivity contribution in [3.63, 3.8) is 0 Å². The molecule has 0 spiro atoms. The summed E-state index contributed by atoms with van der Waals surface area (Å²) in [5.74, 6) is 0.640. The Morgan fingerprint density at radius 2 is 2.29 bits per heavy atom. The van der Waals surface area contributed by atoms with Crippen LogP contribution in [0.5, 0.6) is 0 Å². The Bertz CT molecular complexity index is 390. The lowest BCUT2D eigenvalue weighted by Crippen LogP contribution is -2.38. The van der Waals surface area contributed by atoms with Gasteiger partial charge < -0.3 is 5.73 Å². The number of nitrogens with zero attached hydrogens (tertiary/aromatic N) is 1. The predicted molar refractivity (Wildman–Crippen MR) is 74.7 cm³/mol. The first-order chi connectivity index (χ1) is 7.99. The van der Waals surface area contributed by atoms with E-state index >= 15 is 0 Å². The monoisotopic (exact) mass is 296 g/mol. The minimum absolute atomic E-state index is 0.253. The third-order valence-corrected chi connectivity index (χ3v) is 4.52. The van der Waals surface area contributed by atoms with Gasteiger partial charge in [-0.05, 0) is 58.2 Å². The van der Waals surface area contributed by atoms with Crippen LogP contribution in [0.1, 0.15) is 38.7 Å². The Morgan fingerprint density at radius 3 is 2.88 bits per heavy atom. The second-order valence-electron chi connectivity index (χ2n) is 5.87. The third-order valence-electron chi connectivity index (χ3n) is 4.09. The van der Waals surface area contributed by atoms with Crippen molar-refractivity contribution in [1.82, 2.24) is 4.98 Å². The Hall–Kier alpha value is -0.410. The van der Waals surface area contributed by atoms with E-state index in [2.05, 4.69) is 40.8 Å². The molecule has 2 nitrogen and oxygen atoms in total. The zero-order valence-electron chi connectivity index (χ0n) is 10.6. The molecule has 1 heterocycles. The standard InChI is InChI=1S/C14H21BrN2/c1-14(2)5-3-4-12(14)13(16)7-10-6-11(15)9-17-8-10/h6,8-9,12-13H,3-5,7,16H2,1-2H3. The zero-order chi connectivity index (χ0) is 12.5. The second kappa shape index (κ2) is 5.07. The van der Waals surface area contributed by atoms with E-state index in [0.717, 1.165) is 10.9 Å². The van der Waals surface area contributed by atoms with Gasteiger partial charge in [0.2, 0.25) is 0 Å². The van der Waals surface area contributed by atoms with Crippen molar-refractivity contribution < 1.29 is 0 Å². The quantitative estimate of drug-likeness (QED) is 0.926. The highest BCUT2D eigenvalue weighted by atomic mass is 79.9. The lowest BCUT2D eigenvalue weighted by molar-refractivity contribution is 0.220. The molecule has 1 saturated carbocycles. The highest BCUT2D eigenvalue weighted by Crippen LogP contribution is 2.44. The van der Waals surface area contributed by atoms with Gasteiger partial charge in [0.25, 0.3) is 0 Å². The molecule has 1 aromatic heterocycles. The van der Waals surface area contributed by atoms with Gasteiger partial charge in [0, 0.05) is 22.9 Å². The van der Waals surface area contributed by atoms with E-state index in [1.807, 2.05) is 12.4 Å². The van der Waals surface area contributed by atoms with Crippen LogP contribution in [0.3, 0.4) is 0 Å². The van der Waals surface area contributed by atoms with E-state index < -0.39 is 0 Å². The molecule has 1 fully saturated rings. The summed E-state index contributed by atoms with van der Waals surface area (Å²) in [5.41, 5.74) is 8.03. The highest BCUT2D eigenvalue weighted by Gasteiger charge is 2.37. The number of hydrogen-bond donors (Lipinski definition) is 1. The highest BCUT2D eigenvalue weighted by molar-refractivity contribution is 9.10. The summed E-state index contributed by atoms with van der Waals surface area (Å²) in [6, 6.07) is 2.37. The molecular formula is C14H21BrN2. The van der Waals surface area contributed by atoms with Gasteiger partial charge in [-0.3, -0.25) is 4.98 Å². The third kappa shape index (κ3) is 3.08. The van der Waals surface area contributed by atoms with Crippen molar-refractivity contribution in [1.29, 1.82) is 0 Å². The van der Waals surface area contributed by atoms with Crippen molar-refractivity contribution >= 4 is 15.9 Å². The van der Waals surface area contributed by atoms with Crippen LogP contribution in [0.4, 0.5) is 0 Å². The SMILES string of the molecule is CC1(C)CCCC1C(N)Cc1cncc(Br)c1. The molecule has 1 aromatic rings. The Kier molecular flexibility index (Phi) is 3.88. The summed E-state index contributed by atoms with van der Waals surface area (Å²) >= 11 is 3.45. The van der Waals surface area contributed by atoms with Crippen molar-refractivity contribution in [3.8, 4) is 0 Å². The predicted octanol–water partition coefficient (Wildman–Crippen LogP) is 3.54. The summed E-state index contributed by atoms with van der Waals surface area (Å²) < 4.78 is 1.04. The fourth-order valence-corrected chi connectivity index (χ4v) is 3.54. The molecule has 0 saturated heterocycles. The van der Waals surface area contributed by atoms with Crippen LogP contribution in [-0.4, -0.2) is 11.0 Å². The van der Waals surface area contributed by atoms with Gasteiger partial charge in [-0.2, -0.15) is 0 Å². The van der Waals surface area contributed by atoms with Gasteiger partial charge in [0.15, 0.2) is 0 Å². The average Bonchev–Trinajstić information content (AvgIpc) is 2.58. The summed E-state index contributed by atoms with van der Waals surface area (Å²) in [6.07, 6.45) is 8.57. The first kappa shape index (κ1) is 13.0. The summed E-state index contributed by atoms with van der Waals surface area (Å²) in [4.78, 5) is 4.20. The van der Waals surface area contributed by atoms with Crippen molar-refractivity contribution in [2.24, 2.45) is 17.1 Å². The van der Waals surface area contributed by atoms with Crippen LogP contribution in [0.25, 0.3) is 0 Å². The Labute approximate surface area is 112 Å². The zero-order valence-corrected chi connectivity index (χ0v) is 12.2. The molecule has 0 radical (unpaired) electrons. The molecule has 0 amide bonds. The summed E-state index contributed by atoms with van der Waals surface area (Å²) in [7, 11) is 0. The Balaban J connectivity index is 2.04. The number of rotatable bonds is 3. The van der Waals surface area contributed by atoms with Crippen LogP contribution in [0, 0.1) is 11.3 Å². The van der Waals surface area contributed by atoms with Crippen LogP contribution < -0.4 is 5.73 Å². The molecule has 0 aliphatic heterocycles. The Morgan fingerprint density at radius 1 is 1.53 bits per heavy atom. The van der Waals surface area contributed by atoms with Crippen molar-refractivity contribution in [3.05, 3.63) is 28.5 Å². The van der Waals surface area contributed by atoms with Crippen LogP contribution in [-0.2, 0) is 6.42 Å². The normalized spacial score (nSPS) is 24.8. The van der Waals surface area contributed by atoms with Gasteiger partial charge in [0.05, 0.1) is 0 Å². The van der Waals surface area contributed by atoms with Crippen LogP contribution in [0.2, 0.25) is 0 Å². The maximum atomic E-state index is 6.39. The maximum absolute atomic E-state index is 6.39. The minimum atomic E-state index is 0.253. The number of pyridine rings is 1. The second-order valence-corrected chi connectivity index (χ2v) is 6.78. The van der Waals surface area contributed by atoms with E-state index in [9.17, 15) is 0 Å². The first-order valence-electron chi connectivity index (χ1n) is 6.34. The van der Waals surface area contributed by atoms with Gasteiger partial charge >= 0.3 is 0 Å². The topological polar surface area (TPSA) is 38.9 Å². The molecule has 2 rings (SSSR count). The smallest absolute Gasteiger partial charge is 0.0410 e. The number of halogens is 1. The molecule has 1 aliphatic rings. The summed E-state index contributed by atoms with van der Waals surface area (Å²) in [6.45, 7) is 4.70. The van der Waals surface area contributed by atoms with Gasteiger partial charge in [0.1, 0.15) is 0 Å². The van der Waals surface area contributed by atoms with Gasteiger partial charge in [-0.15, -0.1) is 0 Å². The first-order valence-corrected chi connectivity index (χ1v) is 7.13. The van der Waals surface area contributed by atoms with E-state index in [1.54, 1.807) is 0 Å². The molecule has 2 atom stereocenters. The van der Waals surface area contributed by atoms with E-state index in [1.165, 1.54) is 24.8 Å². The lowest BCUT2D eigenvalue weighted by Gasteiger charge is -2.32. The molecule has 1 aliphatic carbocycles. The maximum Gasteiger partial charge on any atom is 0.0410 e. The lowest BCUT2D eigenvalue weighted by atomic mass is 9.76. The van der Waals surface area contributed by atoms with Crippen molar-refractivity contribution in [2.75, 3.05) is 0 Å². The molecule has 0 bridgehead atoms. The number of hydrogen-bond acceptors (Lipinski definition) is 2. The van der Waals surface area contributed by atoms with E-state index in [0.29, 0.717) is 11.3 Å². The average molecular weight is 297 g/mol. The van der Waals surface area contributed by atoms with Crippen molar-refractivity contribution in [2.45, 2.75) is 45.6 Å². The molecule has 94 valence electrons. The molecule has 2 N–H and O–H groups in total. The molecule has 0 aromatic carbocycles. The minimum Gasteiger partial charge on any atom is -0.327 e. The van der Waals surface area contributed by atoms with E-state index in [4.69, 9.17) is 5.73 Å². The molecule has 17 heavy (non-hydrogen) atoms. The molecule has 2 unspecified atom stereocenters. The summed E-state index contributed by atoms with van der Waals surface area (Å²) in [5, 5.41) is 0.